The van der Waals surface area contributed by atoms with E-state index in [9.17, 15) is 24.3 Å². The zero-order chi connectivity index (χ0) is 16.3. The van der Waals surface area contributed by atoms with E-state index in [1.807, 2.05) is 0 Å². The fourth-order valence-corrected chi connectivity index (χ4v) is 6.79. The van der Waals surface area contributed by atoms with Crippen LogP contribution >= 0.6 is 22.6 Å². The van der Waals surface area contributed by atoms with Gasteiger partial charge in [0.2, 0.25) is 0 Å². The van der Waals surface area contributed by atoms with Gasteiger partial charge in [-0.1, -0.05) is 0 Å². The molecule has 2 rings (SSSR count). The molecule has 0 aromatic carbocycles. The van der Waals surface area contributed by atoms with Gasteiger partial charge in [-0.15, -0.1) is 0 Å². The minimum absolute atomic E-state index is 0.119. The van der Waals surface area contributed by atoms with Crippen LogP contribution in [-0.4, -0.2) is 58.1 Å². The summed E-state index contributed by atoms with van der Waals surface area (Å²) in [5.41, 5.74) is -1.35. The summed E-state index contributed by atoms with van der Waals surface area (Å²) in [7, 11) is 0. The number of amides is 2. The summed E-state index contributed by atoms with van der Waals surface area (Å²) in [6.45, 7) is 0. The van der Waals surface area contributed by atoms with Gasteiger partial charge in [-0.2, -0.15) is 0 Å². The van der Waals surface area contributed by atoms with Crippen molar-refractivity contribution in [2.24, 2.45) is 5.92 Å². The Morgan fingerprint density at radius 2 is 1.77 bits per heavy atom. The molecule has 0 radical (unpaired) electrons. The topological polar surface area (TPSA) is 91.8 Å². The van der Waals surface area contributed by atoms with Crippen LogP contribution in [0.4, 0.5) is 0 Å². The molecule has 6 nitrogen and oxygen atoms in total. The van der Waals surface area contributed by atoms with E-state index in [-0.39, 0.29) is 24.7 Å². The number of carbonyl (C=O) groups is 4. The predicted molar refractivity (Wildman–Crippen MR) is 89.3 cm³/mol. The number of hydrogen-bond donors (Lipinski definition) is 1. The van der Waals surface area contributed by atoms with Gasteiger partial charge in [-0.05, 0) is 0 Å². The number of halogens is 1. The third-order valence-corrected chi connectivity index (χ3v) is 9.56. The first-order chi connectivity index (χ1) is 10.4. The van der Waals surface area contributed by atoms with Crippen LogP contribution < -0.4 is 0 Å². The van der Waals surface area contributed by atoms with Gasteiger partial charge in [0.25, 0.3) is 0 Å². The summed E-state index contributed by atoms with van der Waals surface area (Å²) >= 11 is 1.46. The molecule has 1 saturated heterocycles. The molecule has 1 heterocycles. The van der Waals surface area contributed by atoms with Crippen LogP contribution in [-0.2, 0) is 19.2 Å². The van der Waals surface area contributed by atoms with Crippen molar-refractivity contribution in [1.82, 2.24) is 4.90 Å². The first-order valence-electron chi connectivity index (χ1n) is 7.32. The molecule has 1 unspecified atom stereocenters. The summed E-state index contributed by atoms with van der Waals surface area (Å²) in [5, 5.41) is 10.5. The van der Waals surface area contributed by atoms with Crippen molar-refractivity contribution in [3.63, 3.8) is 0 Å². The Kier molecular flexibility index (Phi) is 6.05. The molecule has 1 saturated carbocycles. The van der Waals surface area contributed by atoms with E-state index in [0.717, 1.165) is 10.1 Å². The van der Waals surface area contributed by atoms with Crippen molar-refractivity contribution in [3.8, 4) is 0 Å². The molecular weight excluding hydrogens is 464 g/mol. The summed E-state index contributed by atoms with van der Waals surface area (Å²) in [4.78, 5) is 48.1. The molecule has 22 heavy (non-hydrogen) atoms. The van der Waals surface area contributed by atoms with E-state index in [2.05, 4.69) is 22.6 Å². The van der Waals surface area contributed by atoms with Crippen LogP contribution in [0.2, 0.25) is 5.21 Å². The summed E-state index contributed by atoms with van der Waals surface area (Å²) < 4.78 is 0.890. The van der Waals surface area contributed by atoms with Crippen LogP contribution in [0.15, 0.2) is 0 Å². The second kappa shape index (κ2) is 7.43. The zero-order valence-corrected chi connectivity index (χ0v) is 16.4. The molecule has 1 aliphatic carbocycles. The zero-order valence-electron chi connectivity index (χ0n) is 12.1. The van der Waals surface area contributed by atoms with Gasteiger partial charge >= 0.3 is 150 Å². The number of nitrogens with zero attached hydrogens (tertiary/aromatic N) is 1. The Morgan fingerprint density at radius 3 is 2.23 bits per heavy atom. The number of alkyl halides is 1. The summed E-state index contributed by atoms with van der Waals surface area (Å²) in [5.74, 6) is -1.44. The van der Waals surface area contributed by atoms with Crippen LogP contribution in [0.25, 0.3) is 0 Å². The fourth-order valence-electron chi connectivity index (χ4n) is 3.25. The first-order valence-corrected chi connectivity index (χ1v) is 11.4. The van der Waals surface area contributed by atoms with Gasteiger partial charge in [0.15, 0.2) is 0 Å². The first kappa shape index (κ1) is 17.9. The Balaban J connectivity index is 2.04. The molecule has 0 aromatic heterocycles. The molecule has 0 aromatic rings. The van der Waals surface area contributed by atoms with Crippen molar-refractivity contribution < 1.29 is 24.3 Å². The van der Waals surface area contributed by atoms with Gasteiger partial charge in [-0.25, -0.2) is 0 Å². The van der Waals surface area contributed by atoms with Gasteiger partial charge in [0.05, 0.1) is 0 Å². The Bertz CT molecular complexity index is 485. The third kappa shape index (κ3) is 3.55. The average Bonchev–Trinajstić information content (AvgIpc) is 2.84. The average molecular weight is 483 g/mol. The molecule has 8 heteroatoms. The van der Waals surface area contributed by atoms with Gasteiger partial charge in [0, 0.05) is 0 Å². The van der Waals surface area contributed by atoms with E-state index in [1.54, 1.807) is 0 Å². The van der Waals surface area contributed by atoms with Crippen molar-refractivity contribution >= 4 is 60.7 Å². The number of aliphatic carboxylic acids is 1. The molecule has 1 N–H and O–H groups in total. The van der Waals surface area contributed by atoms with E-state index in [1.165, 1.54) is 0 Å². The summed E-state index contributed by atoms with van der Waals surface area (Å²) in [6.07, 6.45) is 2.20. The number of imide groups is 1. The Morgan fingerprint density at radius 1 is 1.23 bits per heavy atom. The van der Waals surface area contributed by atoms with Crippen molar-refractivity contribution in [3.05, 3.63) is 0 Å². The van der Waals surface area contributed by atoms with E-state index >= 15 is 0 Å². The molecule has 1 atom stereocenters. The number of hydrogen-bond acceptors (Lipinski definition) is 4. The molecule has 2 amide bonds. The molecular formula is C14H19AsINO5. The Labute approximate surface area is 149 Å². The fraction of sp³-hybridized carbons (Fsp3) is 0.714. The monoisotopic (exact) mass is 483 g/mol. The number of likely N-dealkylation sites (tertiary alicyclic amines) is 1. The van der Waals surface area contributed by atoms with Crippen molar-refractivity contribution in [2.75, 3.05) is 4.43 Å². The minimum atomic E-state index is -1.35. The van der Waals surface area contributed by atoms with Crippen molar-refractivity contribution in [1.29, 1.82) is 0 Å². The van der Waals surface area contributed by atoms with E-state index in [4.69, 9.17) is 0 Å². The molecule has 0 spiro atoms. The quantitative estimate of drug-likeness (QED) is 0.263. The molecule has 1 aliphatic heterocycles. The number of carboxylic acid groups (broad SMARTS) is 1. The van der Waals surface area contributed by atoms with Crippen molar-refractivity contribution in [2.45, 2.75) is 49.3 Å². The second-order valence-electron chi connectivity index (χ2n) is 5.84. The predicted octanol–water partition coefficient (Wildman–Crippen LogP) is 0.965. The normalized spacial score (nSPS) is 29.5. The molecule has 2 aliphatic rings. The second-order valence-corrected chi connectivity index (χ2v) is 9.37. The van der Waals surface area contributed by atoms with E-state index in [0.29, 0.717) is 40.6 Å². The SMILES string of the molecule is O=C(CI)[AsH]CC1CCC(C(=O)O)(N2C(=O)CCC2=O)CC1. The van der Waals surface area contributed by atoms with Gasteiger partial charge in [0.1, 0.15) is 0 Å². The van der Waals surface area contributed by atoms with Gasteiger partial charge < -0.3 is 0 Å². The maximum atomic E-state index is 11.9. The van der Waals surface area contributed by atoms with Crippen LogP contribution in [0.5, 0.6) is 0 Å². The standard InChI is InChI=1S/C14H19AsINO5/c16-8-10(18)15-7-9-3-5-14(6-4-9,13(21)22)17-11(19)1-2-12(17)20/h9,15H,1-8H2,(H,21,22). The van der Waals surface area contributed by atoms with E-state index < -0.39 is 27.3 Å². The third-order valence-electron chi connectivity index (χ3n) is 4.52. The molecule has 122 valence electrons. The van der Waals surface area contributed by atoms with Gasteiger partial charge in [-0.3, -0.25) is 0 Å². The van der Waals surface area contributed by atoms with Crippen LogP contribution in [0.1, 0.15) is 38.5 Å². The van der Waals surface area contributed by atoms with Crippen LogP contribution in [0.3, 0.4) is 0 Å². The molecule has 2 fully saturated rings. The Hall–Kier alpha value is -0.432. The molecule has 0 bridgehead atoms. The summed E-state index contributed by atoms with van der Waals surface area (Å²) in [6, 6.07) is 0. The van der Waals surface area contributed by atoms with Crippen LogP contribution in [0, 0.1) is 5.92 Å². The number of carbonyl (C=O) groups excluding carboxylic acids is 3. The number of carboxylic acids is 1. The number of rotatable bonds is 6. The maximum absolute atomic E-state index is 11.9.